The van der Waals surface area contributed by atoms with Crippen molar-refractivity contribution in [2.75, 3.05) is 18.8 Å². The molecule has 19 heavy (non-hydrogen) atoms. The van der Waals surface area contributed by atoms with E-state index >= 15 is 0 Å². The van der Waals surface area contributed by atoms with Crippen LogP contribution in [0.25, 0.3) is 0 Å². The number of hydrogen-bond donors (Lipinski definition) is 1. The molecule has 0 aromatic heterocycles. The van der Waals surface area contributed by atoms with Gasteiger partial charge in [-0.3, -0.25) is 9.59 Å². The molecule has 0 atom stereocenters. The van der Waals surface area contributed by atoms with Crippen LogP contribution >= 0.6 is 27.7 Å². The van der Waals surface area contributed by atoms with Gasteiger partial charge in [-0.05, 0) is 24.3 Å². The zero-order valence-corrected chi connectivity index (χ0v) is 12.4. The van der Waals surface area contributed by atoms with Crippen LogP contribution in [0.5, 0.6) is 0 Å². The highest BCUT2D eigenvalue weighted by Crippen LogP contribution is 2.20. The molecule has 0 aliphatic carbocycles. The van der Waals surface area contributed by atoms with Crippen LogP contribution in [0, 0.1) is 12.3 Å². The van der Waals surface area contributed by atoms with Crippen molar-refractivity contribution in [1.82, 2.24) is 4.90 Å². The molecule has 0 spiro atoms. The summed E-state index contributed by atoms with van der Waals surface area (Å²) in [6.45, 7) is -0.365. The van der Waals surface area contributed by atoms with Gasteiger partial charge in [-0.15, -0.1) is 18.2 Å². The molecule has 4 nitrogen and oxygen atoms in total. The zero-order valence-electron chi connectivity index (χ0n) is 10.0. The Morgan fingerprint density at radius 2 is 2.00 bits per heavy atom. The van der Waals surface area contributed by atoms with Gasteiger partial charge in [0.2, 0.25) is 5.91 Å². The van der Waals surface area contributed by atoms with Crippen molar-refractivity contribution in [2.45, 2.75) is 4.90 Å². The maximum atomic E-state index is 11.8. The average molecular weight is 342 g/mol. The summed E-state index contributed by atoms with van der Waals surface area (Å²) in [7, 11) is 0. The van der Waals surface area contributed by atoms with E-state index in [1.165, 1.54) is 11.8 Å². The summed E-state index contributed by atoms with van der Waals surface area (Å²) in [4.78, 5) is 24.6. The molecule has 1 N–H and O–H groups in total. The third-order valence-electron chi connectivity index (χ3n) is 2.14. The first kappa shape index (κ1) is 15.6. The topological polar surface area (TPSA) is 57.6 Å². The number of aliphatic carboxylic acids is 1. The molecule has 0 saturated heterocycles. The lowest BCUT2D eigenvalue weighted by molar-refractivity contribution is -0.143. The Morgan fingerprint density at radius 3 is 2.53 bits per heavy atom. The van der Waals surface area contributed by atoms with Gasteiger partial charge in [0.1, 0.15) is 6.54 Å². The number of hydrogen-bond acceptors (Lipinski definition) is 3. The first-order valence-electron chi connectivity index (χ1n) is 5.34. The number of terminal acetylenes is 1. The van der Waals surface area contributed by atoms with Gasteiger partial charge in [-0.2, -0.15) is 0 Å². The monoisotopic (exact) mass is 341 g/mol. The van der Waals surface area contributed by atoms with Gasteiger partial charge in [0.25, 0.3) is 0 Å². The molecule has 6 heteroatoms. The van der Waals surface area contributed by atoms with Crippen molar-refractivity contribution in [2.24, 2.45) is 0 Å². The molecule has 0 heterocycles. The van der Waals surface area contributed by atoms with Gasteiger partial charge in [-0.25, -0.2) is 0 Å². The van der Waals surface area contributed by atoms with Gasteiger partial charge in [-0.1, -0.05) is 21.9 Å². The minimum Gasteiger partial charge on any atom is -0.480 e. The minimum atomic E-state index is -1.07. The van der Waals surface area contributed by atoms with Crippen LogP contribution in [-0.2, 0) is 9.59 Å². The van der Waals surface area contributed by atoms with Gasteiger partial charge in [0, 0.05) is 9.37 Å². The zero-order chi connectivity index (χ0) is 14.3. The third kappa shape index (κ3) is 5.81. The number of amides is 1. The molecule has 1 amide bonds. The predicted molar refractivity (Wildman–Crippen MR) is 77.9 cm³/mol. The fourth-order valence-corrected chi connectivity index (χ4v) is 2.34. The van der Waals surface area contributed by atoms with Crippen LogP contribution in [0.2, 0.25) is 0 Å². The van der Waals surface area contributed by atoms with Gasteiger partial charge < -0.3 is 10.0 Å². The summed E-state index contributed by atoms with van der Waals surface area (Å²) < 4.78 is 0.961. The Balaban J connectivity index is 2.54. The number of carbonyl (C=O) groups is 2. The standard InChI is InChI=1S/C13H12BrNO3S/c1-2-7-15(8-13(17)18)12(16)9-19-11-5-3-10(14)4-6-11/h1,3-6H,7-9H2,(H,17,18). The molecule has 1 aromatic rings. The Hall–Kier alpha value is -1.45. The smallest absolute Gasteiger partial charge is 0.323 e. The predicted octanol–water partition coefficient (Wildman–Crippen LogP) is 2.09. The van der Waals surface area contributed by atoms with Gasteiger partial charge in [0.05, 0.1) is 12.3 Å². The largest absolute Gasteiger partial charge is 0.480 e. The van der Waals surface area contributed by atoms with Crippen LogP contribution in [-0.4, -0.2) is 40.7 Å². The van der Waals surface area contributed by atoms with Gasteiger partial charge >= 0.3 is 5.97 Å². The van der Waals surface area contributed by atoms with Crippen molar-refractivity contribution >= 4 is 39.6 Å². The van der Waals surface area contributed by atoms with Crippen molar-refractivity contribution in [3.63, 3.8) is 0 Å². The second kappa shape index (κ2) is 7.87. The van der Waals surface area contributed by atoms with E-state index in [1.54, 1.807) is 0 Å². The highest BCUT2D eigenvalue weighted by molar-refractivity contribution is 9.10. The molecule has 1 rings (SSSR count). The summed E-state index contributed by atoms with van der Waals surface area (Å²) in [6, 6.07) is 7.52. The molecular weight excluding hydrogens is 330 g/mol. The molecule has 0 fully saturated rings. The molecule has 0 radical (unpaired) electrons. The maximum Gasteiger partial charge on any atom is 0.323 e. The summed E-state index contributed by atoms with van der Waals surface area (Å²) >= 11 is 4.67. The minimum absolute atomic E-state index is 0.00598. The molecule has 0 aliphatic rings. The Morgan fingerprint density at radius 1 is 1.37 bits per heavy atom. The van der Waals surface area contributed by atoms with E-state index in [0.29, 0.717) is 0 Å². The Labute approximate surface area is 124 Å². The lowest BCUT2D eigenvalue weighted by atomic mass is 10.4. The van der Waals surface area contributed by atoms with E-state index < -0.39 is 5.97 Å². The number of benzene rings is 1. The SMILES string of the molecule is C#CCN(CC(=O)O)C(=O)CSc1ccc(Br)cc1. The second-order valence-electron chi connectivity index (χ2n) is 3.59. The Bertz CT molecular complexity index is 496. The number of thioether (sulfide) groups is 1. The number of carbonyl (C=O) groups excluding carboxylic acids is 1. The van der Waals surface area contributed by atoms with Crippen molar-refractivity contribution < 1.29 is 14.7 Å². The average Bonchev–Trinajstić information content (AvgIpc) is 2.37. The normalized spacial score (nSPS) is 9.68. The summed E-state index contributed by atoms with van der Waals surface area (Å²) in [5, 5.41) is 8.70. The molecule has 0 bridgehead atoms. The quantitative estimate of drug-likeness (QED) is 0.635. The fraction of sp³-hybridized carbons (Fsp3) is 0.231. The molecule has 100 valence electrons. The summed E-state index contributed by atoms with van der Waals surface area (Å²) in [5.74, 6) is 1.09. The van der Waals surface area contributed by atoms with Crippen molar-refractivity contribution in [1.29, 1.82) is 0 Å². The number of nitrogens with zero attached hydrogens (tertiary/aromatic N) is 1. The number of halogens is 1. The first-order valence-corrected chi connectivity index (χ1v) is 7.12. The lowest BCUT2D eigenvalue weighted by Crippen LogP contribution is -2.37. The van der Waals surface area contributed by atoms with Crippen LogP contribution in [0.4, 0.5) is 0 Å². The Kier molecular flexibility index (Phi) is 6.46. The van der Waals surface area contributed by atoms with E-state index in [4.69, 9.17) is 11.5 Å². The first-order chi connectivity index (χ1) is 9.02. The molecule has 0 aliphatic heterocycles. The summed E-state index contributed by atoms with van der Waals surface area (Å²) in [6.07, 6.45) is 5.12. The van der Waals surface area contributed by atoms with Crippen LogP contribution < -0.4 is 0 Å². The van der Waals surface area contributed by atoms with E-state index in [9.17, 15) is 9.59 Å². The fourth-order valence-electron chi connectivity index (χ4n) is 1.27. The van der Waals surface area contributed by atoms with Crippen LogP contribution in [0.15, 0.2) is 33.6 Å². The molecule has 0 saturated carbocycles. The third-order valence-corrected chi connectivity index (χ3v) is 3.66. The van der Waals surface area contributed by atoms with Crippen LogP contribution in [0.1, 0.15) is 0 Å². The highest BCUT2D eigenvalue weighted by Gasteiger charge is 2.15. The lowest BCUT2D eigenvalue weighted by Gasteiger charge is -2.17. The highest BCUT2D eigenvalue weighted by atomic mass is 79.9. The molecule has 0 unspecified atom stereocenters. The second-order valence-corrected chi connectivity index (χ2v) is 5.55. The van der Waals surface area contributed by atoms with E-state index in [2.05, 4.69) is 21.9 Å². The van der Waals surface area contributed by atoms with Gasteiger partial charge in [0.15, 0.2) is 0 Å². The van der Waals surface area contributed by atoms with Crippen LogP contribution in [0.3, 0.4) is 0 Å². The van der Waals surface area contributed by atoms with E-state index in [0.717, 1.165) is 14.3 Å². The van der Waals surface area contributed by atoms with Crippen molar-refractivity contribution in [3.05, 3.63) is 28.7 Å². The van der Waals surface area contributed by atoms with Crippen molar-refractivity contribution in [3.8, 4) is 12.3 Å². The summed E-state index contributed by atoms with van der Waals surface area (Å²) in [5.41, 5.74) is 0. The number of rotatable bonds is 6. The van der Waals surface area contributed by atoms with E-state index in [-0.39, 0.29) is 24.7 Å². The van der Waals surface area contributed by atoms with E-state index in [1.807, 2.05) is 24.3 Å². The maximum absolute atomic E-state index is 11.8. The molecule has 1 aromatic carbocycles. The number of carboxylic acid groups (broad SMARTS) is 1. The molecular formula is C13H12BrNO3S. The number of carboxylic acids is 1.